The molecule has 2 rings (SSSR count). The first-order valence-corrected chi connectivity index (χ1v) is 7.15. The highest BCUT2D eigenvalue weighted by Crippen LogP contribution is 2.18. The summed E-state index contributed by atoms with van der Waals surface area (Å²) >= 11 is 3.31. The molecule has 1 amide bonds. The van der Waals surface area contributed by atoms with E-state index in [4.69, 9.17) is 0 Å². The third-order valence-electron chi connectivity index (χ3n) is 3.23. The van der Waals surface area contributed by atoms with Gasteiger partial charge in [0, 0.05) is 17.1 Å². The fourth-order valence-corrected chi connectivity index (χ4v) is 2.40. The third kappa shape index (κ3) is 4.38. The number of anilines is 1. The quantitative estimate of drug-likeness (QED) is 0.898. The number of hydrogen-bond acceptors (Lipinski definition) is 3. The number of piperidine rings is 1. The number of rotatable bonds is 4. The molecule has 5 heteroatoms. The number of aromatic nitrogens is 1. The van der Waals surface area contributed by atoms with Crippen LogP contribution in [0.3, 0.4) is 0 Å². The van der Waals surface area contributed by atoms with Crippen LogP contribution in [0.4, 0.5) is 5.82 Å². The van der Waals surface area contributed by atoms with Crippen LogP contribution in [0.15, 0.2) is 22.8 Å². The lowest BCUT2D eigenvalue weighted by atomic mass is 9.93. The van der Waals surface area contributed by atoms with Crippen LogP contribution in [0.1, 0.15) is 25.7 Å². The summed E-state index contributed by atoms with van der Waals surface area (Å²) in [5.74, 6) is 1.37. The second-order valence-electron chi connectivity index (χ2n) is 4.64. The highest BCUT2D eigenvalue weighted by Gasteiger charge is 2.14. The molecular weight excluding hydrogens is 294 g/mol. The molecule has 0 saturated carbocycles. The van der Waals surface area contributed by atoms with Crippen molar-refractivity contribution < 1.29 is 4.79 Å². The van der Waals surface area contributed by atoms with Crippen molar-refractivity contribution in [1.82, 2.24) is 10.3 Å². The van der Waals surface area contributed by atoms with Crippen molar-refractivity contribution in [3.63, 3.8) is 0 Å². The van der Waals surface area contributed by atoms with Gasteiger partial charge in [-0.2, -0.15) is 0 Å². The lowest BCUT2D eigenvalue weighted by Gasteiger charge is -2.22. The number of hydrogen-bond donors (Lipinski definition) is 2. The van der Waals surface area contributed by atoms with Crippen LogP contribution in [0, 0.1) is 5.92 Å². The molecule has 2 N–H and O–H groups in total. The van der Waals surface area contributed by atoms with Gasteiger partial charge in [-0.3, -0.25) is 4.79 Å². The van der Waals surface area contributed by atoms with Crippen LogP contribution < -0.4 is 10.6 Å². The second kappa shape index (κ2) is 6.85. The molecule has 0 spiro atoms. The minimum Gasteiger partial charge on any atom is -0.317 e. The Balaban J connectivity index is 1.73. The van der Waals surface area contributed by atoms with E-state index in [9.17, 15) is 4.79 Å². The van der Waals surface area contributed by atoms with E-state index in [-0.39, 0.29) is 5.91 Å². The monoisotopic (exact) mass is 311 g/mol. The normalized spacial score (nSPS) is 16.5. The van der Waals surface area contributed by atoms with Crippen molar-refractivity contribution in [2.75, 3.05) is 18.4 Å². The zero-order valence-corrected chi connectivity index (χ0v) is 11.9. The molecule has 1 aromatic rings. The number of nitrogens with one attached hydrogen (secondary N) is 2. The average molecular weight is 312 g/mol. The molecule has 0 bridgehead atoms. The van der Waals surface area contributed by atoms with Crippen LogP contribution in [-0.4, -0.2) is 24.0 Å². The molecule has 1 saturated heterocycles. The summed E-state index contributed by atoms with van der Waals surface area (Å²) < 4.78 is 0.912. The predicted molar refractivity (Wildman–Crippen MR) is 75.4 cm³/mol. The Morgan fingerprint density at radius 2 is 2.22 bits per heavy atom. The van der Waals surface area contributed by atoms with E-state index in [0.717, 1.165) is 24.0 Å². The van der Waals surface area contributed by atoms with E-state index in [0.29, 0.717) is 18.2 Å². The molecule has 98 valence electrons. The maximum atomic E-state index is 11.8. The minimum absolute atomic E-state index is 0.0587. The molecule has 0 aliphatic carbocycles. The molecule has 2 heterocycles. The van der Waals surface area contributed by atoms with Crippen molar-refractivity contribution >= 4 is 27.7 Å². The molecule has 0 atom stereocenters. The van der Waals surface area contributed by atoms with Crippen LogP contribution in [0.2, 0.25) is 0 Å². The zero-order valence-electron chi connectivity index (χ0n) is 10.3. The Labute approximate surface area is 116 Å². The van der Waals surface area contributed by atoms with Crippen LogP contribution in [-0.2, 0) is 4.79 Å². The lowest BCUT2D eigenvalue weighted by Crippen LogP contribution is -2.28. The fourth-order valence-electron chi connectivity index (χ4n) is 2.16. The first-order valence-electron chi connectivity index (χ1n) is 6.36. The zero-order chi connectivity index (χ0) is 12.8. The van der Waals surface area contributed by atoms with Gasteiger partial charge < -0.3 is 10.6 Å². The van der Waals surface area contributed by atoms with Crippen LogP contribution in [0.25, 0.3) is 0 Å². The molecular formula is C13H18BrN3O. The first-order chi connectivity index (χ1) is 8.74. The molecule has 1 fully saturated rings. The molecule has 0 unspecified atom stereocenters. The van der Waals surface area contributed by atoms with E-state index in [1.54, 1.807) is 12.3 Å². The van der Waals surface area contributed by atoms with Crippen LogP contribution >= 0.6 is 15.9 Å². The maximum Gasteiger partial charge on any atom is 0.225 e. The lowest BCUT2D eigenvalue weighted by molar-refractivity contribution is -0.116. The van der Waals surface area contributed by atoms with Gasteiger partial charge in [0.25, 0.3) is 0 Å². The van der Waals surface area contributed by atoms with Gasteiger partial charge in [-0.1, -0.05) is 0 Å². The van der Waals surface area contributed by atoms with Crippen molar-refractivity contribution in [1.29, 1.82) is 0 Å². The topological polar surface area (TPSA) is 54.0 Å². The highest BCUT2D eigenvalue weighted by atomic mass is 79.9. The van der Waals surface area contributed by atoms with Gasteiger partial charge in [-0.05, 0) is 66.3 Å². The standard InChI is InChI=1S/C13H18BrN3O/c14-11-2-3-12(16-9-11)17-13(18)4-1-10-5-7-15-8-6-10/h2-3,9-10,15H,1,4-8H2,(H,16,17,18). The van der Waals surface area contributed by atoms with Gasteiger partial charge in [0.1, 0.15) is 5.82 Å². The van der Waals surface area contributed by atoms with Crippen molar-refractivity contribution in [2.24, 2.45) is 5.92 Å². The number of nitrogens with zero attached hydrogens (tertiary/aromatic N) is 1. The Morgan fingerprint density at radius 1 is 1.44 bits per heavy atom. The first kappa shape index (κ1) is 13.5. The molecule has 0 aromatic carbocycles. The number of pyridine rings is 1. The summed E-state index contributed by atoms with van der Waals surface area (Å²) in [4.78, 5) is 15.9. The summed E-state index contributed by atoms with van der Waals surface area (Å²) in [6, 6.07) is 3.67. The molecule has 4 nitrogen and oxygen atoms in total. The third-order valence-corrected chi connectivity index (χ3v) is 3.70. The van der Waals surface area contributed by atoms with Gasteiger partial charge in [0.05, 0.1) is 0 Å². The number of carbonyl (C=O) groups is 1. The molecule has 0 radical (unpaired) electrons. The van der Waals surface area contributed by atoms with Crippen molar-refractivity contribution in [2.45, 2.75) is 25.7 Å². The second-order valence-corrected chi connectivity index (χ2v) is 5.56. The summed E-state index contributed by atoms with van der Waals surface area (Å²) in [5, 5.41) is 6.15. The molecule has 1 aliphatic heterocycles. The van der Waals surface area contributed by atoms with Gasteiger partial charge in [0.15, 0.2) is 0 Å². The van der Waals surface area contributed by atoms with Crippen molar-refractivity contribution in [3.05, 3.63) is 22.8 Å². The van der Waals surface area contributed by atoms with Gasteiger partial charge >= 0.3 is 0 Å². The average Bonchev–Trinajstić information content (AvgIpc) is 2.40. The fraction of sp³-hybridized carbons (Fsp3) is 0.538. The van der Waals surface area contributed by atoms with E-state index < -0.39 is 0 Å². The Morgan fingerprint density at radius 3 is 2.89 bits per heavy atom. The van der Waals surface area contributed by atoms with Crippen molar-refractivity contribution in [3.8, 4) is 0 Å². The van der Waals surface area contributed by atoms with Gasteiger partial charge in [0.2, 0.25) is 5.91 Å². The summed E-state index contributed by atoms with van der Waals surface area (Å²) in [6.07, 6.45) is 5.61. The van der Waals surface area contributed by atoms with E-state index >= 15 is 0 Å². The number of halogens is 1. The largest absolute Gasteiger partial charge is 0.317 e. The maximum absolute atomic E-state index is 11.8. The Kier molecular flexibility index (Phi) is 5.13. The predicted octanol–water partition coefficient (Wildman–Crippen LogP) is 2.56. The number of carbonyl (C=O) groups excluding carboxylic acids is 1. The Hall–Kier alpha value is -0.940. The van der Waals surface area contributed by atoms with Crippen LogP contribution in [0.5, 0.6) is 0 Å². The Bertz CT molecular complexity index is 388. The molecule has 1 aromatic heterocycles. The van der Waals surface area contributed by atoms with E-state index in [1.807, 2.05) is 6.07 Å². The summed E-state index contributed by atoms with van der Waals surface area (Å²) in [5.41, 5.74) is 0. The SMILES string of the molecule is O=C(CCC1CCNCC1)Nc1ccc(Br)cn1. The summed E-state index contributed by atoms with van der Waals surface area (Å²) in [6.45, 7) is 2.17. The minimum atomic E-state index is 0.0587. The molecule has 18 heavy (non-hydrogen) atoms. The summed E-state index contributed by atoms with van der Waals surface area (Å²) in [7, 11) is 0. The van der Waals surface area contributed by atoms with E-state index in [1.165, 1.54) is 12.8 Å². The molecule has 1 aliphatic rings. The van der Waals surface area contributed by atoms with E-state index in [2.05, 4.69) is 31.5 Å². The smallest absolute Gasteiger partial charge is 0.225 e. The highest BCUT2D eigenvalue weighted by molar-refractivity contribution is 9.10. The van der Waals surface area contributed by atoms with Gasteiger partial charge in [-0.25, -0.2) is 4.98 Å². The number of amides is 1. The van der Waals surface area contributed by atoms with Gasteiger partial charge in [-0.15, -0.1) is 0 Å².